The van der Waals surface area contributed by atoms with Crippen molar-refractivity contribution < 1.29 is 5.11 Å². The van der Waals surface area contributed by atoms with Gasteiger partial charge in [0.25, 0.3) is 0 Å². The lowest BCUT2D eigenvalue weighted by Gasteiger charge is -2.08. The smallest absolute Gasteiger partial charge is 0.151 e. The summed E-state index contributed by atoms with van der Waals surface area (Å²) in [6.07, 6.45) is 3.88. The molecule has 78 valence electrons. The molecule has 5 heteroatoms. The number of aliphatic hydroxyl groups is 1. The van der Waals surface area contributed by atoms with E-state index in [9.17, 15) is 5.11 Å². The van der Waals surface area contributed by atoms with Gasteiger partial charge < -0.3 is 5.11 Å². The monoisotopic (exact) mass is 259 g/mol. The highest BCUT2D eigenvalue weighted by Gasteiger charge is 2.29. The second kappa shape index (κ2) is 3.98. The molecule has 0 spiro atoms. The number of aryl methyl sites for hydroxylation is 1. The van der Waals surface area contributed by atoms with Gasteiger partial charge >= 0.3 is 0 Å². The lowest BCUT2D eigenvalue weighted by molar-refractivity contribution is 0.141. The largest absolute Gasteiger partial charge is 0.393 e. The Morgan fingerprint density at radius 2 is 2.36 bits per heavy atom. The maximum Gasteiger partial charge on any atom is 0.151 e. The summed E-state index contributed by atoms with van der Waals surface area (Å²) in [4.78, 5) is 0. The number of nitrogens with zero attached hydrogens (tertiary/aromatic N) is 3. The molecule has 1 aromatic heterocycles. The summed E-state index contributed by atoms with van der Waals surface area (Å²) in [6, 6.07) is 0. The molecule has 1 atom stereocenters. The average Bonchev–Trinajstić information content (AvgIpc) is 2.93. The molecule has 1 fully saturated rings. The molecule has 0 radical (unpaired) electrons. The van der Waals surface area contributed by atoms with Gasteiger partial charge in [-0.05, 0) is 47.5 Å². The zero-order valence-corrected chi connectivity index (χ0v) is 9.74. The van der Waals surface area contributed by atoms with Gasteiger partial charge in [-0.3, -0.25) is 4.68 Å². The normalized spacial score (nSPS) is 18.5. The fourth-order valence-corrected chi connectivity index (χ4v) is 2.14. The molecular formula is C9H14BrN3O. The number of hydrogen-bond donors (Lipinski definition) is 1. The first kappa shape index (κ1) is 10.1. The summed E-state index contributed by atoms with van der Waals surface area (Å²) >= 11 is 3.34. The van der Waals surface area contributed by atoms with Gasteiger partial charge in [-0.1, -0.05) is 5.21 Å². The highest BCUT2D eigenvalue weighted by Crippen LogP contribution is 2.34. The van der Waals surface area contributed by atoms with Crippen LogP contribution in [0.5, 0.6) is 0 Å². The van der Waals surface area contributed by atoms with Crippen molar-refractivity contribution in [1.29, 1.82) is 0 Å². The molecule has 4 nitrogen and oxygen atoms in total. The van der Waals surface area contributed by atoms with Gasteiger partial charge in [-0.25, -0.2) is 0 Å². The van der Waals surface area contributed by atoms with Gasteiger partial charge in [0.15, 0.2) is 4.60 Å². The van der Waals surface area contributed by atoms with E-state index in [1.807, 2.05) is 7.05 Å². The lowest BCUT2D eigenvalue weighted by atomic mass is 10.1. The van der Waals surface area contributed by atoms with Gasteiger partial charge in [0.1, 0.15) is 0 Å². The van der Waals surface area contributed by atoms with Crippen molar-refractivity contribution in [2.45, 2.75) is 31.8 Å². The lowest BCUT2D eigenvalue weighted by Crippen LogP contribution is -2.11. The van der Waals surface area contributed by atoms with Crippen molar-refractivity contribution in [2.75, 3.05) is 0 Å². The topological polar surface area (TPSA) is 50.9 Å². The number of hydrogen-bond acceptors (Lipinski definition) is 3. The van der Waals surface area contributed by atoms with Crippen molar-refractivity contribution in [2.24, 2.45) is 13.0 Å². The molecule has 1 heterocycles. The molecule has 1 aliphatic rings. The van der Waals surface area contributed by atoms with E-state index in [2.05, 4.69) is 26.2 Å². The first-order valence-corrected chi connectivity index (χ1v) is 5.70. The predicted octanol–water partition coefficient (Wildman–Crippen LogP) is 1.28. The van der Waals surface area contributed by atoms with Crippen LogP contribution in [0.1, 0.15) is 25.0 Å². The maximum atomic E-state index is 9.70. The molecule has 1 saturated carbocycles. The summed E-state index contributed by atoms with van der Waals surface area (Å²) in [6.45, 7) is 0. The standard InChI is InChI=1S/C9H14BrN3O/c1-13-7(9(10)11-12-13)4-5-8(14)6-2-3-6/h6,8,14H,2-5H2,1H3. The third-order valence-corrected chi connectivity index (χ3v) is 3.35. The first-order chi connectivity index (χ1) is 6.68. The van der Waals surface area contributed by atoms with Gasteiger partial charge in [0.2, 0.25) is 0 Å². The fourth-order valence-electron chi connectivity index (χ4n) is 1.62. The molecule has 0 amide bonds. The van der Waals surface area contributed by atoms with E-state index >= 15 is 0 Å². The molecule has 1 unspecified atom stereocenters. The van der Waals surface area contributed by atoms with E-state index in [4.69, 9.17) is 0 Å². The minimum Gasteiger partial charge on any atom is -0.393 e. The van der Waals surface area contributed by atoms with Crippen molar-refractivity contribution in [3.05, 3.63) is 10.3 Å². The van der Waals surface area contributed by atoms with Crippen LogP contribution in [-0.4, -0.2) is 26.2 Å². The Morgan fingerprint density at radius 3 is 2.86 bits per heavy atom. The summed E-state index contributed by atoms with van der Waals surface area (Å²) in [7, 11) is 1.87. The average molecular weight is 260 g/mol. The van der Waals surface area contributed by atoms with Crippen LogP contribution in [0.3, 0.4) is 0 Å². The molecule has 0 aliphatic heterocycles. The highest BCUT2D eigenvalue weighted by atomic mass is 79.9. The Balaban J connectivity index is 1.90. The van der Waals surface area contributed by atoms with E-state index in [-0.39, 0.29) is 6.10 Å². The third-order valence-electron chi connectivity index (χ3n) is 2.74. The zero-order valence-electron chi connectivity index (χ0n) is 8.15. The number of halogens is 1. The van der Waals surface area contributed by atoms with Gasteiger partial charge in [0.05, 0.1) is 11.8 Å². The quantitative estimate of drug-likeness (QED) is 0.887. The van der Waals surface area contributed by atoms with E-state index in [0.29, 0.717) is 5.92 Å². The molecule has 0 aromatic carbocycles. The molecule has 0 saturated heterocycles. The number of rotatable bonds is 4. The Kier molecular flexibility index (Phi) is 2.88. The molecule has 0 bridgehead atoms. The third kappa shape index (κ3) is 2.15. The van der Waals surface area contributed by atoms with Crippen LogP contribution in [0.25, 0.3) is 0 Å². The first-order valence-electron chi connectivity index (χ1n) is 4.90. The second-order valence-electron chi connectivity index (χ2n) is 3.89. The summed E-state index contributed by atoms with van der Waals surface area (Å²) in [5, 5.41) is 17.5. The van der Waals surface area contributed by atoms with E-state index in [0.717, 1.165) is 23.1 Å². The van der Waals surface area contributed by atoms with Gasteiger partial charge in [0, 0.05) is 7.05 Å². The summed E-state index contributed by atoms with van der Waals surface area (Å²) in [5.74, 6) is 0.551. The van der Waals surface area contributed by atoms with Gasteiger partial charge in [-0.2, -0.15) is 0 Å². The summed E-state index contributed by atoms with van der Waals surface area (Å²) in [5.41, 5.74) is 1.06. The predicted molar refractivity (Wildman–Crippen MR) is 55.8 cm³/mol. The van der Waals surface area contributed by atoms with E-state index in [1.54, 1.807) is 4.68 Å². The molecule has 14 heavy (non-hydrogen) atoms. The van der Waals surface area contributed by atoms with Crippen LogP contribution >= 0.6 is 15.9 Å². The van der Waals surface area contributed by atoms with Crippen molar-refractivity contribution in [1.82, 2.24) is 15.0 Å². The Bertz CT molecular complexity index is 302. The van der Waals surface area contributed by atoms with E-state index in [1.165, 1.54) is 12.8 Å². The van der Waals surface area contributed by atoms with Crippen LogP contribution < -0.4 is 0 Å². The van der Waals surface area contributed by atoms with Crippen LogP contribution in [0, 0.1) is 5.92 Å². The van der Waals surface area contributed by atoms with Crippen LogP contribution in [-0.2, 0) is 13.5 Å². The number of aromatic nitrogens is 3. The van der Waals surface area contributed by atoms with Crippen molar-refractivity contribution in [3.63, 3.8) is 0 Å². The van der Waals surface area contributed by atoms with Crippen molar-refractivity contribution in [3.8, 4) is 0 Å². The Hall–Kier alpha value is -0.420. The highest BCUT2D eigenvalue weighted by molar-refractivity contribution is 9.10. The second-order valence-corrected chi connectivity index (χ2v) is 4.65. The Labute approximate surface area is 91.4 Å². The van der Waals surface area contributed by atoms with Crippen LogP contribution in [0.4, 0.5) is 0 Å². The van der Waals surface area contributed by atoms with E-state index < -0.39 is 0 Å². The molecule has 1 aromatic rings. The SMILES string of the molecule is Cn1nnc(Br)c1CCC(O)C1CC1. The number of aliphatic hydroxyl groups excluding tert-OH is 1. The molecule has 1 aliphatic carbocycles. The van der Waals surface area contributed by atoms with Crippen molar-refractivity contribution >= 4 is 15.9 Å². The molecule has 1 N–H and O–H groups in total. The zero-order chi connectivity index (χ0) is 10.1. The fraction of sp³-hybridized carbons (Fsp3) is 0.778. The maximum absolute atomic E-state index is 9.70. The van der Waals surface area contributed by atoms with Crippen LogP contribution in [0.15, 0.2) is 4.60 Å². The Morgan fingerprint density at radius 1 is 1.64 bits per heavy atom. The minimum absolute atomic E-state index is 0.142. The molecular weight excluding hydrogens is 246 g/mol. The van der Waals surface area contributed by atoms with Gasteiger partial charge in [-0.15, -0.1) is 5.10 Å². The summed E-state index contributed by atoms with van der Waals surface area (Å²) < 4.78 is 2.55. The minimum atomic E-state index is -0.142. The molecule has 2 rings (SSSR count). The van der Waals surface area contributed by atoms with Crippen LogP contribution in [0.2, 0.25) is 0 Å².